The van der Waals surface area contributed by atoms with Gasteiger partial charge in [-0.25, -0.2) is 5.43 Å². The van der Waals surface area contributed by atoms with Crippen LogP contribution in [0.1, 0.15) is 25.1 Å². The molecule has 13 heavy (non-hydrogen) atoms. The second-order valence-electron chi connectivity index (χ2n) is 3.02. The van der Waals surface area contributed by atoms with Crippen molar-refractivity contribution in [2.75, 3.05) is 7.11 Å². The Morgan fingerprint density at radius 2 is 2.46 bits per heavy atom. The maximum absolute atomic E-state index is 5.40. The van der Waals surface area contributed by atoms with E-state index in [9.17, 15) is 0 Å². The minimum Gasteiger partial charge on any atom is -0.468 e. The highest BCUT2D eigenvalue weighted by Crippen LogP contribution is 2.18. The van der Waals surface area contributed by atoms with Gasteiger partial charge < -0.3 is 9.15 Å². The fraction of sp³-hybridized carbons (Fsp3) is 0.556. The highest BCUT2D eigenvalue weighted by atomic mass is 16.5. The summed E-state index contributed by atoms with van der Waals surface area (Å²) in [7, 11) is 1.68. The van der Waals surface area contributed by atoms with E-state index in [2.05, 4.69) is 5.43 Å². The van der Waals surface area contributed by atoms with Gasteiger partial charge in [-0.05, 0) is 25.5 Å². The van der Waals surface area contributed by atoms with Gasteiger partial charge in [-0.1, -0.05) is 0 Å². The molecule has 1 aromatic heterocycles. The van der Waals surface area contributed by atoms with E-state index in [0.29, 0.717) is 0 Å². The molecule has 1 aromatic rings. The summed E-state index contributed by atoms with van der Waals surface area (Å²) in [6, 6.07) is 3.76. The number of hydrazine groups is 1. The van der Waals surface area contributed by atoms with Crippen molar-refractivity contribution >= 4 is 0 Å². The van der Waals surface area contributed by atoms with Crippen LogP contribution in [0.2, 0.25) is 0 Å². The van der Waals surface area contributed by atoms with Crippen LogP contribution in [0.4, 0.5) is 0 Å². The molecule has 0 aliphatic carbocycles. The summed E-state index contributed by atoms with van der Waals surface area (Å²) in [5.41, 5.74) is 2.70. The van der Waals surface area contributed by atoms with Crippen molar-refractivity contribution in [3.8, 4) is 0 Å². The fourth-order valence-corrected chi connectivity index (χ4v) is 1.18. The van der Waals surface area contributed by atoms with Crippen molar-refractivity contribution in [3.63, 3.8) is 0 Å². The molecule has 0 saturated carbocycles. The Morgan fingerprint density at radius 3 is 2.92 bits per heavy atom. The summed E-state index contributed by atoms with van der Waals surface area (Å²) in [5.74, 6) is 6.24. The molecule has 0 spiro atoms. The lowest BCUT2D eigenvalue weighted by molar-refractivity contribution is 0.0976. The largest absolute Gasteiger partial charge is 0.468 e. The van der Waals surface area contributed by atoms with E-state index in [0.717, 1.165) is 12.2 Å². The van der Waals surface area contributed by atoms with Crippen LogP contribution < -0.4 is 11.3 Å². The van der Waals surface area contributed by atoms with Crippen LogP contribution in [-0.4, -0.2) is 13.2 Å². The first kappa shape index (κ1) is 10.2. The zero-order chi connectivity index (χ0) is 9.68. The fourth-order valence-electron chi connectivity index (χ4n) is 1.18. The highest BCUT2D eigenvalue weighted by Gasteiger charge is 2.15. The monoisotopic (exact) mass is 184 g/mol. The lowest BCUT2D eigenvalue weighted by atomic mass is 10.1. The first-order valence-corrected chi connectivity index (χ1v) is 4.30. The number of hydrogen-bond acceptors (Lipinski definition) is 4. The Bertz CT molecular complexity index is 224. The molecule has 74 valence electrons. The molecule has 1 heterocycles. The minimum absolute atomic E-state index is 0.0185. The Morgan fingerprint density at radius 1 is 1.69 bits per heavy atom. The average molecular weight is 184 g/mol. The van der Waals surface area contributed by atoms with Gasteiger partial charge >= 0.3 is 0 Å². The lowest BCUT2D eigenvalue weighted by Gasteiger charge is -2.17. The Kier molecular flexibility index (Phi) is 3.95. The van der Waals surface area contributed by atoms with Gasteiger partial charge in [-0.2, -0.15) is 0 Å². The summed E-state index contributed by atoms with van der Waals surface area (Å²) in [4.78, 5) is 0. The quantitative estimate of drug-likeness (QED) is 0.533. The van der Waals surface area contributed by atoms with Crippen molar-refractivity contribution < 1.29 is 9.15 Å². The van der Waals surface area contributed by atoms with E-state index in [1.807, 2.05) is 19.1 Å². The summed E-state index contributed by atoms with van der Waals surface area (Å²) in [5, 5.41) is 0. The first-order valence-electron chi connectivity index (χ1n) is 4.30. The molecular weight excluding hydrogens is 168 g/mol. The molecule has 2 unspecified atom stereocenters. The van der Waals surface area contributed by atoms with Crippen LogP contribution in [0.15, 0.2) is 22.8 Å². The highest BCUT2D eigenvalue weighted by molar-refractivity contribution is 5.04. The van der Waals surface area contributed by atoms with Gasteiger partial charge in [-0.15, -0.1) is 0 Å². The molecule has 4 heteroatoms. The van der Waals surface area contributed by atoms with E-state index < -0.39 is 0 Å². The maximum atomic E-state index is 5.40. The molecule has 0 saturated heterocycles. The molecular formula is C9H16N2O2. The number of methoxy groups -OCH3 is 1. The van der Waals surface area contributed by atoms with E-state index in [1.54, 1.807) is 13.4 Å². The van der Waals surface area contributed by atoms with Crippen molar-refractivity contribution in [3.05, 3.63) is 24.2 Å². The predicted octanol–water partition coefficient (Wildman–Crippen LogP) is 1.21. The molecule has 1 rings (SSSR count). The lowest BCUT2D eigenvalue weighted by Crippen LogP contribution is -2.30. The summed E-state index contributed by atoms with van der Waals surface area (Å²) < 4.78 is 10.4. The number of hydrogen-bond donors (Lipinski definition) is 2. The molecule has 0 aromatic carbocycles. The normalized spacial score (nSPS) is 15.6. The average Bonchev–Trinajstić information content (AvgIpc) is 2.66. The second kappa shape index (κ2) is 5.01. The van der Waals surface area contributed by atoms with Crippen LogP contribution in [0.5, 0.6) is 0 Å². The maximum Gasteiger partial charge on any atom is 0.122 e. The zero-order valence-electron chi connectivity index (χ0n) is 7.99. The smallest absolute Gasteiger partial charge is 0.122 e. The Labute approximate surface area is 78.0 Å². The zero-order valence-corrected chi connectivity index (χ0v) is 7.99. The number of furan rings is 1. The minimum atomic E-state index is 0.0185. The van der Waals surface area contributed by atoms with Crippen molar-refractivity contribution in [2.45, 2.75) is 25.5 Å². The summed E-state index contributed by atoms with van der Waals surface area (Å²) in [6.07, 6.45) is 2.59. The van der Waals surface area contributed by atoms with Crippen molar-refractivity contribution in [2.24, 2.45) is 5.84 Å². The van der Waals surface area contributed by atoms with Gasteiger partial charge in [-0.3, -0.25) is 5.84 Å². The molecule has 2 atom stereocenters. The third kappa shape index (κ3) is 2.84. The summed E-state index contributed by atoms with van der Waals surface area (Å²) in [6.45, 7) is 1.99. The molecule has 0 bridgehead atoms. The van der Waals surface area contributed by atoms with Gasteiger partial charge in [0, 0.05) is 7.11 Å². The number of rotatable bonds is 5. The van der Waals surface area contributed by atoms with E-state index in [-0.39, 0.29) is 12.1 Å². The predicted molar refractivity (Wildman–Crippen MR) is 49.9 cm³/mol. The van der Waals surface area contributed by atoms with Crippen LogP contribution in [0.25, 0.3) is 0 Å². The topological polar surface area (TPSA) is 60.4 Å². The number of ether oxygens (including phenoxy) is 1. The van der Waals surface area contributed by atoms with E-state index in [4.69, 9.17) is 15.0 Å². The molecule has 0 radical (unpaired) electrons. The van der Waals surface area contributed by atoms with Gasteiger partial charge in [0.2, 0.25) is 0 Å². The molecule has 0 amide bonds. The molecule has 0 aliphatic heterocycles. The van der Waals surface area contributed by atoms with Gasteiger partial charge in [0.25, 0.3) is 0 Å². The molecule has 4 nitrogen and oxygen atoms in total. The number of nitrogens with two attached hydrogens (primary N) is 1. The first-order chi connectivity index (χ1) is 6.27. The SMILES string of the molecule is COC(C)CC(NN)c1ccco1. The summed E-state index contributed by atoms with van der Waals surface area (Å²) >= 11 is 0. The van der Waals surface area contributed by atoms with Crippen LogP contribution >= 0.6 is 0 Å². The Hall–Kier alpha value is -0.840. The number of nitrogens with one attached hydrogen (secondary N) is 1. The molecule has 3 N–H and O–H groups in total. The van der Waals surface area contributed by atoms with Crippen LogP contribution in [-0.2, 0) is 4.74 Å². The third-order valence-corrected chi connectivity index (χ3v) is 2.06. The Balaban J connectivity index is 2.53. The van der Waals surface area contributed by atoms with Gasteiger partial charge in [0.15, 0.2) is 0 Å². The van der Waals surface area contributed by atoms with Crippen LogP contribution in [0.3, 0.4) is 0 Å². The third-order valence-electron chi connectivity index (χ3n) is 2.06. The van der Waals surface area contributed by atoms with Gasteiger partial charge in [0.05, 0.1) is 18.4 Å². The van der Waals surface area contributed by atoms with Crippen molar-refractivity contribution in [1.82, 2.24) is 5.43 Å². The van der Waals surface area contributed by atoms with Crippen LogP contribution in [0, 0.1) is 0 Å². The van der Waals surface area contributed by atoms with E-state index >= 15 is 0 Å². The van der Waals surface area contributed by atoms with Gasteiger partial charge in [0.1, 0.15) is 5.76 Å². The standard InChI is InChI=1S/C9H16N2O2/c1-7(12-2)6-8(11-10)9-4-3-5-13-9/h3-5,7-8,11H,6,10H2,1-2H3. The van der Waals surface area contributed by atoms with Crippen molar-refractivity contribution in [1.29, 1.82) is 0 Å². The van der Waals surface area contributed by atoms with E-state index in [1.165, 1.54) is 0 Å². The molecule has 0 aliphatic rings. The molecule has 0 fully saturated rings. The second-order valence-corrected chi connectivity index (χ2v) is 3.02.